The largest absolute Gasteiger partial charge is 0.387 e. The first-order valence-electron chi connectivity index (χ1n) is 8.62. The van der Waals surface area contributed by atoms with Crippen LogP contribution in [0.3, 0.4) is 0 Å². The van der Waals surface area contributed by atoms with Crippen molar-refractivity contribution in [1.29, 1.82) is 0 Å². The molecule has 1 N–H and O–H groups in total. The molecule has 2 fully saturated rings. The first-order chi connectivity index (χ1) is 11.9. The molecular weight excluding hydrogens is 325 g/mol. The van der Waals surface area contributed by atoms with Gasteiger partial charge in [0.05, 0.1) is 17.7 Å². The third-order valence-corrected chi connectivity index (χ3v) is 5.06. The monoisotopic (exact) mass is 349 g/mol. The maximum Gasteiger partial charge on any atom is 0.256 e. The number of halogens is 1. The maximum atomic E-state index is 13.8. The summed E-state index contributed by atoms with van der Waals surface area (Å²) in [4.78, 5) is 29.3. The molecule has 2 heterocycles. The Balaban J connectivity index is 1.57. The minimum atomic E-state index is -0.987. The fourth-order valence-electron chi connectivity index (χ4n) is 3.60. The zero-order valence-electron chi connectivity index (χ0n) is 14.4. The number of nitrogens with zero attached hydrogens (tertiary/aromatic N) is 3. The summed E-state index contributed by atoms with van der Waals surface area (Å²) in [5.74, 6) is -0.848. The van der Waals surface area contributed by atoms with Crippen molar-refractivity contribution < 1.29 is 19.1 Å². The van der Waals surface area contributed by atoms with Crippen LogP contribution in [0.1, 0.15) is 23.7 Å². The van der Waals surface area contributed by atoms with E-state index >= 15 is 0 Å². The van der Waals surface area contributed by atoms with Crippen molar-refractivity contribution in [3.05, 3.63) is 35.6 Å². The van der Waals surface area contributed by atoms with Gasteiger partial charge in [0.2, 0.25) is 5.91 Å². The standard InChI is InChI=1S/C18H24FN3O3/c1-14(23)21-10-8-20(9-11-21)12-18(25)6-7-22(13-18)17(24)15-4-2-3-5-16(15)19/h2-5,25H,6-13H2,1H3/t18-/m1/s1. The Morgan fingerprint density at radius 3 is 2.44 bits per heavy atom. The number of benzene rings is 1. The smallest absolute Gasteiger partial charge is 0.256 e. The van der Waals surface area contributed by atoms with Crippen molar-refractivity contribution >= 4 is 11.8 Å². The van der Waals surface area contributed by atoms with E-state index in [1.807, 2.05) is 0 Å². The summed E-state index contributed by atoms with van der Waals surface area (Å²) in [5.41, 5.74) is -0.943. The van der Waals surface area contributed by atoms with E-state index in [1.54, 1.807) is 24.0 Å². The first kappa shape index (κ1) is 17.8. The van der Waals surface area contributed by atoms with Crippen molar-refractivity contribution in [3.63, 3.8) is 0 Å². The van der Waals surface area contributed by atoms with Gasteiger partial charge in [-0.25, -0.2) is 4.39 Å². The average Bonchev–Trinajstić information content (AvgIpc) is 2.97. The number of carbonyl (C=O) groups is 2. The van der Waals surface area contributed by atoms with Gasteiger partial charge in [-0.1, -0.05) is 12.1 Å². The second-order valence-electron chi connectivity index (χ2n) is 6.96. The van der Waals surface area contributed by atoms with Crippen LogP contribution in [0.5, 0.6) is 0 Å². The van der Waals surface area contributed by atoms with Gasteiger partial charge in [-0.3, -0.25) is 14.5 Å². The van der Waals surface area contributed by atoms with Crippen LogP contribution in [0, 0.1) is 5.82 Å². The average molecular weight is 349 g/mol. The molecule has 2 saturated heterocycles. The molecule has 0 unspecified atom stereocenters. The lowest BCUT2D eigenvalue weighted by atomic mass is 10.0. The summed E-state index contributed by atoms with van der Waals surface area (Å²) in [6.45, 7) is 5.37. The Kier molecular flexibility index (Phi) is 5.06. The Hall–Kier alpha value is -1.99. The van der Waals surface area contributed by atoms with E-state index in [4.69, 9.17) is 0 Å². The summed E-state index contributed by atoms with van der Waals surface area (Å²) in [6, 6.07) is 5.92. The molecule has 2 amide bonds. The zero-order valence-corrected chi connectivity index (χ0v) is 14.4. The van der Waals surface area contributed by atoms with Gasteiger partial charge in [0, 0.05) is 46.2 Å². The van der Waals surface area contributed by atoms with Gasteiger partial charge in [-0.2, -0.15) is 0 Å². The van der Waals surface area contributed by atoms with Crippen molar-refractivity contribution in [3.8, 4) is 0 Å². The molecule has 3 rings (SSSR count). The molecule has 136 valence electrons. The fraction of sp³-hybridized carbons (Fsp3) is 0.556. The fourth-order valence-corrected chi connectivity index (χ4v) is 3.60. The van der Waals surface area contributed by atoms with Gasteiger partial charge in [0.1, 0.15) is 5.82 Å². The van der Waals surface area contributed by atoms with E-state index < -0.39 is 11.4 Å². The SMILES string of the molecule is CC(=O)N1CCN(C[C@]2(O)CCN(C(=O)c3ccccc3F)C2)CC1. The molecule has 1 atom stereocenters. The molecule has 0 saturated carbocycles. The van der Waals surface area contributed by atoms with Gasteiger partial charge < -0.3 is 14.9 Å². The lowest BCUT2D eigenvalue weighted by Crippen LogP contribution is -2.53. The highest BCUT2D eigenvalue weighted by atomic mass is 19.1. The van der Waals surface area contributed by atoms with E-state index in [0.29, 0.717) is 45.7 Å². The summed E-state index contributed by atoms with van der Waals surface area (Å²) < 4.78 is 13.8. The van der Waals surface area contributed by atoms with Crippen molar-refractivity contribution in [2.75, 3.05) is 45.8 Å². The van der Waals surface area contributed by atoms with E-state index in [-0.39, 0.29) is 23.9 Å². The van der Waals surface area contributed by atoms with Crippen molar-refractivity contribution in [2.45, 2.75) is 18.9 Å². The molecule has 0 aromatic heterocycles. The maximum absolute atomic E-state index is 13.8. The van der Waals surface area contributed by atoms with E-state index in [1.165, 1.54) is 17.0 Å². The number of amides is 2. The molecule has 6 nitrogen and oxygen atoms in total. The van der Waals surface area contributed by atoms with Gasteiger partial charge in [0.25, 0.3) is 5.91 Å². The topological polar surface area (TPSA) is 64.1 Å². The Labute approximate surface area is 146 Å². The summed E-state index contributed by atoms with van der Waals surface area (Å²) in [7, 11) is 0. The van der Waals surface area contributed by atoms with E-state index in [0.717, 1.165) is 0 Å². The highest BCUT2D eigenvalue weighted by Gasteiger charge is 2.40. The summed E-state index contributed by atoms with van der Waals surface area (Å²) >= 11 is 0. The molecule has 0 radical (unpaired) electrons. The normalized spacial score (nSPS) is 24.6. The van der Waals surface area contributed by atoms with Gasteiger partial charge in [-0.15, -0.1) is 0 Å². The Morgan fingerprint density at radius 2 is 1.80 bits per heavy atom. The molecule has 7 heteroatoms. The van der Waals surface area contributed by atoms with Crippen molar-refractivity contribution in [2.24, 2.45) is 0 Å². The molecular formula is C18H24FN3O3. The molecule has 1 aromatic rings. The molecule has 25 heavy (non-hydrogen) atoms. The third kappa shape index (κ3) is 3.99. The number of piperazine rings is 1. The number of likely N-dealkylation sites (tertiary alicyclic amines) is 1. The minimum absolute atomic E-state index is 0.0434. The van der Waals surface area contributed by atoms with Crippen LogP contribution in [0.25, 0.3) is 0 Å². The van der Waals surface area contributed by atoms with Gasteiger partial charge >= 0.3 is 0 Å². The van der Waals surface area contributed by atoms with Gasteiger partial charge in [-0.05, 0) is 18.6 Å². The predicted molar refractivity (Wildman–Crippen MR) is 90.6 cm³/mol. The number of β-amino-alcohol motifs (C(OH)–C–C–N with tert-alkyl or cyclic N) is 1. The number of aliphatic hydroxyl groups is 1. The second kappa shape index (κ2) is 7.09. The Morgan fingerprint density at radius 1 is 1.12 bits per heavy atom. The number of rotatable bonds is 3. The van der Waals surface area contributed by atoms with Crippen LogP contribution in [0.4, 0.5) is 4.39 Å². The van der Waals surface area contributed by atoms with E-state index in [2.05, 4.69) is 4.90 Å². The number of carbonyl (C=O) groups excluding carboxylic acids is 2. The first-order valence-corrected chi connectivity index (χ1v) is 8.62. The van der Waals surface area contributed by atoms with Crippen LogP contribution in [0.2, 0.25) is 0 Å². The van der Waals surface area contributed by atoms with Crippen LogP contribution in [0.15, 0.2) is 24.3 Å². The van der Waals surface area contributed by atoms with Crippen LogP contribution in [-0.4, -0.2) is 83.0 Å². The molecule has 0 bridgehead atoms. The van der Waals surface area contributed by atoms with Gasteiger partial charge in [0.15, 0.2) is 0 Å². The van der Waals surface area contributed by atoms with E-state index in [9.17, 15) is 19.1 Å². The summed E-state index contributed by atoms with van der Waals surface area (Å²) in [5, 5.41) is 10.8. The van der Waals surface area contributed by atoms with Crippen LogP contribution < -0.4 is 0 Å². The molecule has 2 aliphatic rings. The molecule has 0 spiro atoms. The molecule has 1 aromatic carbocycles. The van der Waals surface area contributed by atoms with Crippen LogP contribution in [-0.2, 0) is 4.79 Å². The molecule has 2 aliphatic heterocycles. The third-order valence-electron chi connectivity index (χ3n) is 5.06. The molecule has 0 aliphatic carbocycles. The number of hydrogen-bond donors (Lipinski definition) is 1. The highest BCUT2D eigenvalue weighted by Crippen LogP contribution is 2.25. The minimum Gasteiger partial charge on any atom is -0.387 e. The Bertz CT molecular complexity index is 661. The predicted octanol–water partition coefficient (Wildman–Crippen LogP) is 0.567. The second-order valence-corrected chi connectivity index (χ2v) is 6.96. The lowest BCUT2D eigenvalue weighted by Gasteiger charge is -2.37. The zero-order chi connectivity index (χ0) is 18.0. The highest BCUT2D eigenvalue weighted by molar-refractivity contribution is 5.94. The summed E-state index contributed by atoms with van der Waals surface area (Å²) in [6.07, 6.45) is 0.472. The van der Waals surface area contributed by atoms with Crippen LogP contribution >= 0.6 is 0 Å². The lowest BCUT2D eigenvalue weighted by molar-refractivity contribution is -0.130. The quantitative estimate of drug-likeness (QED) is 0.866. The number of hydrogen-bond acceptors (Lipinski definition) is 4. The van der Waals surface area contributed by atoms with Crippen molar-refractivity contribution in [1.82, 2.24) is 14.7 Å².